The number of amides is 2. The predicted molar refractivity (Wildman–Crippen MR) is 128 cm³/mol. The van der Waals surface area contributed by atoms with Crippen molar-refractivity contribution in [2.45, 2.75) is 6.04 Å². The number of aromatic nitrogens is 4. The van der Waals surface area contributed by atoms with E-state index in [1.54, 1.807) is 23.0 Å². The minimum Gasteiger partial charge on any atom is -0.335 e. The molecule has 35 heavy (non-hydrogen) atoms. The van der Waals surface area contributed by atoms with Gasteiger partial charge in [0.2, 0.25) is 11.9 Å². The summed E-state index contributed by atoms with van der Waals surface area (Å²) in [6, 6.07) is 8.86. The van der Waals surface area contributed by atoms with E-state index < -0.39 is 5.95 Å². The summed E-state index contributed by atoms with van der Waals surface area (Å²) < 4.78 is 15.2. The minimum absolute atomic E-state index is 0.00162. The van der Waals surface area contributed by atoms with Crippen molar-refractivity contribution in [1.29, 1.82) is 0 Å². The summed E-state index contributed by atoms with van der Waals surface area (Å²) in [4.78, 5) is 43.7. The zero-order chi connectivity index (χ0) is 23.9. The van der Waals surface area contributed by atoms with Crippen molar-refractivity contribution in [2.75, 3.05) is 39.3 Å². The molecule has 2 aliphatic heterocycles. The summed E-state index contributed by atoms with van der Waals surface area (Å²) >= 11 is 1.37. The molecule has 5 heterocycles. The largest absolute Gasteiger partial charge is 0.335 e. The molecule has 0 aliphatic carbocycles. The van der Waals surface area contributed by atoms with E-state index in [4.69, 9.17) is 0 Å². The van der Waals surface area contributed by atoms with Gasteiger partial charge >= 0.3 is 0 Å². The van der Waals surface area contributed by atoms with Gasteiger partial charge in [0.1, 0.15) is 0 Å². The number of benzene rings is 1. The Bertz CT molecular complexity index is 1390. The third kappa shape index (κ3) is 4.06. The van der Waals surface area contributed by atoms with Gasteiger partial charge in [-0.25, -0.2) is 9.97 Å². The molecule has 1 aromatic carbocycles. The molecule has 2 aliphatic rings. The molecule has 9 nitrogen and oxygen atoms in total. The minimum atomic E-state index is -0.594. The number of thiazole rings is 1. The lowest BCUT2D eigenvalue weighted by Crippen LogP contribution is -2.64. The molecule has 0 bridgehead atoms. The zero-order valence-electron chi connectivity index (χ0n) is 18.7. The fourth-order valence-corrected chi connectivity index (χ4v) is 5.28. The van der Waals surface area contributed by atoms with Gasteiger partial charge in [-0.15, -0.1) is 11.3 Å². The highest BCUT2D eigenvalue weighted by Gasteiger charge is 2.37. The van der Waals surface area contributed by atoms with Crippen molar-refractivity contribution in [3.05, 3.63) is 70.8 Å². The molecule has 0 unspecified atom stereocenters. The maximum Gasteiger partial charge on any atom is 0.282 e. The summed E-state index contributed by atoms with van der Waals surface area (Å²) in [5, 5.41) is 3.21. The van der Waals surface area contributed by atoms with E-state index in [1.165, 1.54) is 23.6 Å². The number of hydrogen-bond acceptors (Lipinski definition) is 7. The number of hydrogen-bond donors (Lipinski definition) is 0. The molecule has 0 saturated carbocycles. The molecule has 0 spiro atoms. The first-order valence-electron chi connectivity index (χ1n) is 11.4. The van der Waals surface area contributed by atoms with E-state index in [-0.39, 0.29) is 17.8 Å². The van der Waals surface area contributed by atoms with Crippen LogP contribution in [-0.2, 0) is 0 Å². The van der Waals surface area contributed by atoms with Gasteiger partial charge in [-0.2, -0.15) is 9.37 Å². The van der Waals surface area contributed by atoms with Gasteiger partial charge in [-0.3, -0.25) is 19.1 Å². The first-order valence-corrected chi connectivity index (χ1v) is 12.3. The number of halogens is 1. The normalized spacial score (nSPS) is 17.1. The second-order valence-electron chi connectivity index (χ2n) is 8.67. The molecular formula is C24H22FN7O2S. The Kier molecular flexibility index (Phi) is 5.50. The van der Waals surface area contributed by atoms with Crippen LogP contribution in [0.3, 0.4) is 0 Å². The molecule has 2 amide bonds. The standard InChI is InChI=1S/C24H22FN7O2S/c25-20-3-5-27-24(28-20)32-7-4-16-13-17(1-2-19(16)32)22(33)31-14-18(15-31)29-8-10-30(11-9-29)23(34)21-26-6-12-35-21/h1-7,12-13,18H,8-11,14-15H2. The van der Waals surface area contributed by atoms with Crippen LogP contribution in [0.2, 0.25) is 0 Å². The first-order chi connectivity index (χ1) is 17.1. The van der Waals surface area contributed by atoms with Crippen LogP contribution in [0.25, 0.3) is 16.9 Å². The lowest BCUT2D eigenvalue weighted by molar-refractivity contribution is 0.00854. The van der Waals surface area contributed by atoms with Crippen LogP contribution in [0.15, 0.2) is 54.3 Å². The van der Waals surface area contributed by atoms with Crippen LogP contribution in [-0.4, -0.2) is 91.3 Å². The lowest BCUT2D eigenvalue weighted by Gasteiger charge is -2.48. The molecule has 3 aromatic heterocycles. The maximum absolute atomic E-state index is 13.5. The van der Waals surface area contributed by atoms with Gasteiger partial charge in [0.15, 0.2) is 5.01 Å². The van der Waals surface area contributed by atoms with Crippen molar-refractivity contribution < 1.29 is 14.0 Å². The molecule has 0 radical (unpaired) electrons. The Morgan fingerprint density at radius 3 is 2.51 bits per heavy atom. The van der Waals surface area contributed by atoms with Crippen molar-refractivity contribution >= 4 is 34.1 Å². The van der Waals surface area contributed by atoms with Gasteiger partial charge in [0, 0.05) is 86.3 Å². The van der Waals surface area contributed by atoms with E-state index in [1.807, 2.05) is 33.4 Å². The molecule has 11 heteroatoms. The number of carbonyl (C=O) groups excluding carboxylic acids is 2. The average Bonchev–Trinajstić information content (AvgIpc) is 3.53. The lowest BCUT2D eigenvalue weighted by atomic mass is 10.0. The van der Waals surface area contributed by atoms with E-state index in [0.717, 1.165) is 24.0 Å². The summed E-state index contributed by atoms with van der Waals surface area (Å²) in [6.07, 6.45) is 4.80. The van der Waals surface area contributed by atoms with E-state index in [9.17, 15) is 14.0 Å². The van der Waals surface area contributed by atoms with Gasteiger partial charge in [0.05, 0.1) is 5.52 Å². The number of carbonyl (C=O) groups is 2. The van der Waals surface area contributed by atoms with E-state index >= 15 is 0 Å². The molecule has 2 fully saturated rings. The first kappa shape index (κ1) is 21.8. The van der Waals surface area contributed by atoms with Gasteiger partial charge in [-0.05, 0) is 24.3 Å². The molecule has 0 N–H and O–H groups in total. The second kappa shape index (κ2) is 8.82. The van der Waals surface area contributed by atoms with Crippen molar-refractivity contribution in [3.63, 3.8) is 0 Å². The van der Waals surface area contributed by atoms with Crippen LogP contribution < -0.4 is 0 Å². The van der Waals surface area contributed by atoms with Gasteiger partial charge in [0.25, 0.3) is 11.8 Å². The highest BCUT2D eigenvalue weighted by Crippen LogP contribution is 2.24. The maximum atomic E-state index is 13.5. The Morgan fingerprint density at radius 1 is 0.943 bits per heavy atom. The molecular weight excluding hydrogens is 469 g/mol. The quantitative estimate of drug-likeness (QED) is 0.407. The monoisotopic (exact) mass is 491 g/mol. The molecule has 4 aromatic rings. The summed E-state index contributed by atoms with van der Waals surface area (Å²) in [6.45, 7) is 4.29. The second-order valence-corrected chi connectivity index (χ2v) is 9.56. The number of rotatable bonds is 4. The fourth-order valence-electron chi connectivity index (χ4n) is 4.68. The van der Waals surface area contributed by atoms with Crippen molar-refractivity contribution in [3.8, 4) is 5.95 Å². The third-order valence-corrected chi connectivity index (χ3v) is 7.41. The number of likely N-dealkylation sites (tertiary alicyclic amines) is 1. The molecule has 6 rings (SSSR count). The van der Waals surface area contributed by atoms with Crippen molar-refractivity contribution in [2.24, 2.45) is 0 Å². The van der Waals surface area contributed by atoms with Crippen LogP contribution in [0.1, 0.15) is 20.2 Å². The number of piperazine rings is 1. The van der Waals surface area contributed by atoms with E-state index in [0.29, 0.717) is 42.8 Å². The highest BCUT2D eigenvalue weighted by atomic mass is 32.1. The topological polar surface area (TPSA) is 87.5 Å². The number of fused-ring (bicyclic) bond motifs is 1. The predicted octanol–water partition coefficient (Wildman–Crippen LogP) is 2.30. The molecule has 2 saturated heterocycles. The smallest absolute Gasteiger partial charge is 0.282 e. The van der Waals surface area contributed by atoms with Crippen LogP contribution in [0, 0.1) is 5.95 Å². The van der Waals surface area contributed by atoms with Gasteiger partial charge < -0.3 is 9.80 Å². The highest BCUT2D eigenvalue weighted by molar-refractivity contribution is 7.11. The number of nitrogens with zero attached hydrogens (tertiary/aromatic N) is 7. The Labute approximate surface area is 204 Å². The van der Waals surface area contributed by atoms with E-state index in [2.05, 4.69) is 19.9 Å². The summed E-state index contributed by atoms with van der Waals surface area (Å²) in [7, 11) is 0. The Hall–Kier alpha value is -3.70. The summed E-state index contributed by atoms with van der Waals surface area (Å²) in [5.41, 5.74) is 1.42. The van der Waals surface area contributed by atoms with Crippen LogP contribution in [0.5, 0.6) is 0 Å². The zero-order valence-corrected chi connectivity index (χ0v) is 19.6. The summed E-state index contributed by atoms with van der Waals surface area (Å²) in [5.74, 6) is -0.352. The molecule has 178 valence electrons. The fraction of sp³-hybridized carbons (Fsp3) is 0.292. The van der Waals surface area contributed by atoms with Gasteiger partial charge in [-0.1, -0.05) is 0 Å². The molecule has 0 atom stereocenters. The Morgan fingerprint density at radius 2 is 1.77 bits per heavy atom. The Balaban J connectivity index is 1.07. The third-order valence-electron chi connectivity index (χ3n) is 6.64. The van der Waals surface area contributed by atoms with Crippen LogP contribution >= 0.6 is 11.3 Å². The van der Waals surface area contributed by atoms with Crippen LogP contribution in [0.4, 0.5) is 4.39 Å². The average molecular weight is 492 g/mol. The van der Waals surface area contributed by atoms with Crippen molar-refractivity contribution in [1.82, 2.24) is 34.2 Å². The SMILES string of the molecule is O=C(c1ccc2c(ccn2-c2nccc(F)n2)c1)N1CC(N2CCN(C(=O)c3nccs3)CC2)C1.